The molecule has 20 heavy (non-hydrogen) atoms. The Morgan fingerprint density at radius 3 is 2.65 bits per heavy atom. The highest BCUT2D eigenvalue weighted by atomic mass is 16.5. The molecule has 1 amide bonds. The zero-order valence-corrected chi connectivity index (χ0v) is 12.1. The maximum atomic E-state index is 10.7. The van der Waals surface area contributed by atoms with E-state index in [-0.39, 0.29) is 5.91 Å². The Labute approximate surface area is 119 Å². The molecule has 112 valence electrons. The number of rotatable bonds is 8. The number of hydrogen-bond acceptors (Lipinski definition) is 5. The first-order valence-electron chi connectivity index (χ1n) is 6.43. The van der Waals surface area contributed by atoms with Crippen molar-refractivity contribution in [3.63, 3.8) is 0 Å². The maximum Gasteiger partial charge on any atom is 0.216 e. The molecular weight excluding hydrogens is 260 g/mol. The lowest BCUT2D eigenvalue weighted by atomic mass is 10.1. The molecule has 0 bridgehead atoms. The van der Waals surface area contributed by atoms with Crippen molar-refractivity contribution in [1.82, 2.24) is 10.6 Å². The predicted molar refractivity (Wildman–Crippen MR) is 76.1 cm³/mol. The molecule has 0 aliphatic carbocycles. The van der Waals surface area contributed by atoms with Crippen molar-refractivity contribution in [2.45, 2.75) is 13.0 Å². The molecule has 0 saturated heterocycles. The molecule has 0 heterocycles. The van der Waals surface area contributed by atoms with E-state index in [1.54, 1.807) is 32.4 Å². The minimum absolute atomic E-state index is 0.0656. The summed E-state index contributed by atoms with van der Waals surface area (Å²) in [6.07, 6.45) is -0.687. The average Bonchev–Trinajstić information content (AvgIpc) is 2.45. The standard InChI is InChI=1S/C14H22N2O4/c1-10(17)16-7-6-15-9-13(18)12-5-4-11(19-2)8-14(12)20-3/h4-5,8,13,15,18H,6-7,9H2,1-3H3,(H,16,17). The zero-order chi connectivity index (χ0) is 15.0. The lowest BCUT2D eigenvalue weighted by Crippen LogP contribution is -2.32. The Balaban J connectivity index is 2.50. The molecule has 0 fully saturated rings. The molecule has 1 unspecified atom stereocenters. The monoisotopic (exact) mass is 282 g/mol. The normalized spacial score (nSPS) is 11.8. The quantitative estimate of drug-likeness (QED) is 0.604. The third-order valence-electron chi connectivity index (χ3n) is 2.81. The summed E-state index contributed by atoms with van der Waals surface area (Å²) >= 11 is 0. The van der Waals surface area contributed by atoms with Crippen LogP contribution >= 0.6 is 0 Å². The van der Waals surface area contributed by atoms with Crippen molar-refractivity contribution in [3.05, 3.63) is 23.8 Å². The number of aliphatic hydroxyl groups is 1. The Morgan fingerprint density at radius 2 is 2.05 bits per heavy atom. The Kier molecular flexibility index (Phi) is 6.83. The Hall–Kier alpha value is -1.79. The summed E-state index contributed by atoms with van der Waals surface area (Å²) in [6, 6.07) is 5.28. The van der Waals surface area contributed by atoms with Crippen LogP contribution in [0.15, 0.2) is 18.2 Å². The molecule has 0 aliphatic rings. The molecule has 0 saturated carbocycles. The van der Waals surface area contributed by atoms with Crippen LogP contribution < -0.4 is 20.1 Å². The van der Waals surface area contributed by atoms with Gasteiger partial charge in [-0.2, -0.15) is 0 Å². The van der Waals surface area contributed by atoms with Crippen LogP contribution in [-0.2, 0) is 4.79 Å². The van der Waals surface area contributed by atoms with Crippen LogP contribution in [0.3, 0.4) is 0 Å². The first-order chi connectivity index (χ1) is 9.58. The largest absolute Gasteiger partial charge is 0.497 e. The SMILES string of the molecule is COc1ccc(C(O)CNCCNC(C)=O)c(OC)c1. The lowest BCUT2D eigenvalue weighted by molar-refractivity contribution is -0.118. The van der Waals surface area contributed by atoms with Crippen LogP contribution in [0.25, 0.3) is 0 Å². The fourth-order valence-corrected chi connectivity index (χ4v) is 1.77. The van der Waals surface area contributed by atoms with Gasteiger partial charge in [-0.3, -0.25) is 4.79 Å². The van der Waals surface area contributed by atoms with Gasteiger partial charge in [0.2, 0.25) is 5.91 Å². The summed E-state index contributed by atoms with van der Waals surface area (Å²) in [7, 11) is 3.13. The van der Waals surface area contributed by atoms with Crippen LogP contribution in [-0.4, -0.2) is 44.9 Å². The van der Waals surface area contributed by atoms with Crippen LogP contribution in [0.1, 0.15) is 18.6 Å². The smallest absolute Gasteiger partial charge is 0.216 e. The Bertz CT molecular complexity index is 437. The van der Waals surface area contributed by atoms with Crippen molar-refractivity contribution in [3.8, 4) is 11.5 Å². The van der Waals surface area contributed by atoms with Crippen molar-refractivity contribution in [2.75, 3.05) is 33.9 Å². The van der Waals surface area contributed by atoms with Crippen LogP contribution in [0, 0.1) is 0 Å². The molecule has 1 atom stereocenters. The summed E-state index contributed by atoms with van der Waals surface area (Å²) in [5.74, 6) is 1.20. The number of nitrogens with one attached hydrogen (secondary N) is 2. The van der Waals surface area contributed by atoms with E-state index in [0.717, 1.165) is 0 Å². The molecule has 1 aromatic rings. The predicted octanol–water partition coefficient (Wildman–Crippen LogP) is 0.463. The van der Waals surface area contributed by atoms with Crippen LogP contribution in [0.5, 0.6) is 11.5 Å². The number of amides is 1. The fourth-order valence-electron chi connectivity index (χ4n) is 1.77. The molecule has 1 aromatic carbocycles. The van der Waals surface area contributed by atoms with Gasteiger partial charge in [0, 0.05) is 38.2 Å². The molecule has 6 heteroatoms. The van der Waals surface area contributed by atoms with Gasteiger partial charge in [-0.05, 0) is 12.1 Å². The van der Waals surface area contributed by atoms with Crippen molar-refractivity contribution in [2.24, 2.45) is 0 Å². The highest BCUT2D eigenvalue weighted by molar-refractivity contribution is 5.72. The first-order valence-corrected chi connectivity index (χ1v) is 6.43. The zero-order valence-electron chi connectivity index (χ0n) is 12.1. The van der Waals surface area contributed by atoms with E-state index in [9.17, 15) is 9.90 Å². The van der Waals surface area contributed by atoms with Gasteiger partial charge in [0.25, 0.3) is 0 Å². The van der Waals surface area contributed by atoms with Crippen molar-refractivity contribution < 1.29 is 19.4 Å². The minimum Gasteiger partial charge on any atom is -0.497 e. The number of aliphatic hydroxyl groups excluding tert-OH is 1. The second-order valence-corrected chi connectivity index (χ2v) is 4.31. The minimum atomic E-state index is -0.687. The van der Waals surface area contributed by atoms with E-state index in [1.807, 2.05) is 0 Å². The Morgan fingerprint density at radius 1 is 1.30 bits per heavy atom. The molecule has 3 N–H and O–H groups in total. The van der Waals surface area contributed by atoms with Gasteiger partial charge in [-0.1, -0.05) is 0 Å². The summed E-state index contributed by atoms with van der Waals surface area (Å²) in [4.78, 5) is 10.7. The van der Waals surface area contributed by atoms with Crippen molar-refractivity contribution in [1.29, 1.82) is 0 Å². The second kappa shape index (κ2) is 8.39. The van der Waals surface area contributed by atoms with E-state index in [1.165, 1.54) is 6.92 Å². The summed E-state index contributed by atoms with van der Waals surface area (Å²) in [5, 5.41) is 15.9. The van der Waals surface area contributed by atoms with Gasteiger partial charge in [-0.25, -0.2) is 0 Å². The van der Waals surface area contributed by atoms with Crippen LogP contribution in [0.4, 0.5) is 0 Å². The fraction of sp³-hybridized carbons (Fsp3) is 0.500. The topological polar surface area (TPSA) is 79.8 Å². The number of hydrogen-bond donors (Lipinski definition) is 3. The van der Waals surface area contributed by atoms with E-state index < -0.39 is 6.10 Å². The van der Waals surface area contributed by atoms with Crippen molar-refractivity contribution >= 4 is 5.91 Å². The van der Waals surface area contributed by atoms with Crippen LogP contribution in [0.2, 0.25) is 0 Å². The molecule has 0 aromatic heterocycles. The van der Waals surface area contributed by atoms with Gasteiger partial charge in [0.1, 0.15) is 11.5 Å². The highest BCUT2D eigenvalue weighted by Gasteiger charge is 2.13. The lowest BCUT2D eigenvalue weighted by Gasteiger charge is -2.16. The molecule has 0 radical (unpaired) electrons. The third-order valence-corrected chi connectivity index (χ3v) is 2.81. The number of methoxy groups -OCH3 is 2. The summed E-state index contributed by atoms with van der Waals surface area (Å²) in [5.41, 5.74) is 0.695. The maximum absolute atomic E-state index is 10.7. The van der Waals surface area contributed by atoms with E-state index >= 15 is 0 Å². The number of benzene rings is 1. The highest BCUT2D eigenvalue weighted by Crippen LogP contribution is 2.29. The summed E-state index contributed by atoms with van der Waals surface area (Å²) < 4.78 is 10.4. The van der Waals surface area contributed by atoms with E-state index in [4.69, 9.17) is 9.47 Å². The number of ether oxygens (including phenoxy) is 2. The first kappa shape index (κ1) is 16.3. The van der Waals surface area contributed by atoms with Gasteiger partial charge < -0.3 is 25.2 Å². The molecule has 6 nitrogen and oxygen atoms in total. The number of carbonyl (C=O) groups excluding carboxylic acids is 1. The molecule has 1 rings (SSSR count). The van der Waals surface area contributed by atoms with Gasteiger partial charge in [0.15, 0.2) is 0 Å². The van der Waals surface area contributed by atoms with Gasteiger partial charge in [0.05, 0.1) is 20.3 Å². The van der Waals surface area contributed by atoms with Gasteiger partial charge in [-0.15, -0.1) is 0 Å². The second-order valence-electron chi connectivity index (χ2n) is 4.31. The van der Waals surface area contributed by atoms with E-state index in [2.05, 4.69) is 10.6 Å². The van der Waals surface area contributed by atoms with E-state index in [0.29, 0.717) is 36.7 Å². The third kappa shape index (κ3) is 5.07. The molecule has 0 aliphatic heterocycles. The molecular formula is C14H22N2O4. The van der Waals surface area contributed by atoms with Gasteiger partial charge >= 0.3 is 0 Å². The number of carbonyl (C=O) groups is 1. The average molecular weight is 282 g/mol. The molecule has 0 spiro atoms. The summed E-state index contributed by atoms with van der Waals surface area (Å²) in [6.45, 7) is 2.97.